The zero-order valence-corrected chi connectivity index (χ0v) is 11.3. The van der Waals surface area contributed by atoms with Gasteiger partial charge in [0.25, 0.3) is 0 Å². The fraction of sp³-hybridized carbons (Fsp3) is 0.500. The van der Waals surface area contributed by atoms with Crippen molar-refractivity contribution in [2.45, 2.75) is 31.8 Å². The van der Waals surface area contributed by atoms with Crippen molar-refractivity contribution in [3.63, 3.8) is 0 Å². The molecule has 2 rings (SSSR count). The van der Waals surface area contributed by atoms with Crippen LogP contribution in [0.3, 0.4) is 0 Å². The molecule has 0 amide bonds. The third-order valence-corrected chi connectivity index (χ3v) is 4.68. The van der Waals surface area contributed by atoms with Gasteiger partial charge in [-0.2, -0.15) is 0 Å². The van der Waals surface area contributed by atoms with E-state index >= 15 is 0 Å². The monoisotopic (exact) mass is 336 g/mol. The van der Waals surface area contributed by atoms with Gasteiger partial charge >= 0.3 is 0 Å². The predicted molar refractivity (Wildman–Crippen MR) is 71.1 cm³/mol. The van der Waals surface area contributed by atoms with Gasteiger partial charge in [0.2, 0.25) is 0 Å². The molecule has 0 aliphatic heterocycles. The van der Waals surface area contributed by atoms with E-state index in [1.54, 1.807) is 0 Å². The van der Waals surface area contributed by atoms with Crippen molar-refractivity contribution >= 4 is 34.2 Å². The second-order valence-electron chi connectivity index (χ2n) is 4.22. The average molecular weight is 337 g/mol. The van der Waals surface area contributed by atoms with E-state index in [0.717, 1.165) is 26.5 Å². The lowest BCUT2D eigenvalue weighted by atomic mass is 9.80. The molecule has 1 unspecified atom stereocenters. The second kappa shape index (κ2) is 5.02. The molecule has 1 N–H and O–H groups in total. The Labute approximate surface area is 109 Å². The van der Waals surface area contributed by atoms with Crippen LogP contribution in [0, 0.1) is 9.49 Å². The van der Waals surface area contributed by atoms with Crippen molar-refractivity contribution < 1.29 is 5.11 Å². The van der Waals surface area contributed by atoms with Crippen molar-refractivity contribution in [3.05, 3.63) is 32.4 Å². The number of hydrogen-bond donors (Lipinski definition) is 1. The zero-order chi connectivity index (χ0) is 10.8. The Balaban J connectivity index is 2.03. The Morgan fingerprint density at radius 3 is 2.73 bits per heavy atom. The Hall–Kier alpha value is 0.200. The van der Waals surface area contributed by atoms with Gasteiger partial charge in [-0.15, -0.1) is 0 Å². The number of rotatable bonds is 3. The van der Waals surface area contributed by atoms with E-state index in [2.05, 4.69) is 22.6 Å². The Morgan fingerprint density at radius 2 is 2.20 bits per heavy atom. The first-order chi connectivity index (χ1) is 7.16. The van der Waals surface area contributed by atoms with Crippen molar-refractivity contribution in [1.29, 1.82) is 0 Å². The fourth-order valence-electron chi connectivity index (χ4n) is 1.90. The maximum Gasteiger partial charge on any atom is 0.0793 e. The van der Waals surface area contributed by atoms with Crippen LogP contribution in [0.5, 0.6) is 0 Å². The lowest BCUT2D eigenvalue weighted by Gasteiger charge is -2.27. The van der Waals surface area contributed by atoms with Crippen LogP contribution in [-0.2, 0) is 0 Å². The SMILES string of the molecule is OC(CC1CCC1)c1ccc(I)c(Cl)c1. The van der Waals surface area contributed by atoms with Crippen LogP contribution in [-0.4, -0.2) is 5.11 Å². The molecule has 0 radical (unpaired) electrons. The molecule has 1 saturated carbocycles. The van der Waals surface area contributed by atoms with Gasteiger partial charge in [-0.05, 0) is 52.6 Å². The lowest BCUT2D eigenvalue weighted by Crippen LogP contribution is -2.14. The number of halogens is 2. The molecule has 1 fully saturated rings. The Bertz CT molecular complexity index is 349. The lowest BCUT2D eigenvalue weighted by molar-refractivity contribution is 0.118. The highest BCUT2D eigenvalue weighted by Gasteiger charge is 2.21. The van der Waals surface area contributed by atoms with E-state index in [1.165, 1.54) is 19.3 Å². The van der Waals surface area contributed by atoms with Gasteiger partial charge in [0.05, 0.1) is 11.1 Å². The second-order valence-corrected chi connectivity index (χ2v) is 5.79. The Morgan fingerprint density at radius 1 is 1.47 bits per heavy atom. The van der Waals surface area contributed by atoms with E-state index in [0.29, 0.717) is 0 Å². The molecule has 1 aromatic carbocycles. The number of aliphatic hydroxyl groups excluding tert-OH is 1. The minimum absolute atomic E-state index is 0.343. The fourth-order valence-corrected chi connectivity index (χ4v) is 2.42. The summed E-state index contributed by atoms with van der Waals surface area (Å²) in [5, 5.41) is 10.7. The van der Waals surface area contributed by atoms with Gasteiger partial charge in [0.1, 0.15) is 0 Å². The first-order valence-corrected chi connectivity index (χ1v) is 6.75. The number of benzene rings is 1. The Kier molecular flexibility index (Phi) is 3.91. The average Bonchev–Trinajstić information content (AvgIpc) is 2.15. The highest BCUT2D eigenvalue weighted by molar-refractivity contribution is 14.1. The van der Waals surface area contributed by atoms with Crippen LogP contribution in [0.15, 0.2) is 18.2 Å². The van der Waals surface area contributed by atoms with Gasteiger partial charge < -0.3 is 5.11 Å². The maximum atomic E-state index is 10.0. The van der Waals surface area contributed by atoms with Gasteiger partial charge in [-0.1, -0.05) is 36.9 Å². The smallest absolute Gasteiger partial charge is 0.0793 e. The summed E-state index contributed by atoms with van der Waals surface area (Å²) in [6.07, 6.45) is 4.41. The molecule has 1 aliphatic rings. The third kappa shape index (κ3) is 2.86. The third-order valence-electron chi connectivity index (χ3n) is 3.11. The molecule has 82 valence electrons. The highest BCUT2D eigenvalue weighted by atomic mass is 127. The summed E-state index contributed by atoms with van der Waals surface area (Å²) in [5.74, 6) is 0.720. The summed E-state index contributed by atoms with van der Waals surface area (Å²) < 4.78 is 1.04. The number of aliphatic hydroxyl groups is 1. The summed E-state index contributed by atoms with van der Waals surface area (Å²) in [5.41, 5.74) is 0.951. The van der Waals surface area contributed by atoms with Crippen LogP contribution in [0.1, 0.15) is 37.4 Å². The summed E-state index contributed by atoms with van der Waals surface area (Å²) >= 11 is 8.22. The minimum atomic E-state index is -0.343. The van der Waals surface area contributed by atoms with E-state index in [-0.39, 0.29) is 6.10 Å². The van der Waals surface area contributed by atoms with Crippen LogP contribution >= 0.6 is 34.2 Å². The quantitative estimate of drug-likeness (QED) is 0.822. The van der Waals surface area contributed by atoms with E-state index < -0.39 is 0 Å². The molecule has 0 bridgehead atoms. The molecule has 1 aromatic rings. The van der Waals surface area contributed by atoms with E-state index in [9.17, 15) is 5.11 Å². The van der Waals surface area contributed by atoms with Crippen LogP contribution in [0.4, 0.5) is 0 Å². The summed E-state index contributed by atoms with van der Waals surface area (Å²) in [6.45, 7) is 0. The standard InChI is InChI=1S/C12H14ClIO/c13-10-7-9(4-5-11(10)14)12(15)6-8-2-1-3-8/h4-5,7-8,12,15H,1-3,6H2. The van der Waals surface area contributed by atoms with Gasteiger partial charge in [-0.25, -0.2) is 0 Å². The van der Waals surface area contributed by atoms with Crippen LogP contribution < -0.4 is 0 Å². The van der Waals surface area contributed by atoms with Gasteiger partial charge in [0, 0.05) is 3.57 Å². The molecule has 0 spiro atoms. The zero-order valence-electron chi connectivity index (χ0n) is 8.42. The van der Waals surface area contributed by atoms with Crippen molar-refractivity contribution in [3.8, 4) is 0 Å². The molecule has 1 nitrogen and oxygen atoms in total. The minimum Gasteiger partial charge on any atom is -0.388 e. The molecule has 0 saturated heterocycles. The van der Waals surface area contributed by atoms with E-state index in [4.69, 9.17) is 11.6 Å². The van der Waals surface area contributed by atoms with E-state index in [1.807, 2.05) is 18.2 Å². The highest BCUT2D eigenvalue weighted by Crippen LogP contribution is 2.35. The normalized spacial score (nSPS) is 18.6. The molecular formula is C12H14ClIO. The van der Waals surface area contributed by atoms with Crippen LogP contribution in [0.25, 0.3) is 0 Å². The topological polar surface area (TPSA) is 20.2 Å². The first kappa shape index (κ1) is 11.7. The van der Waals surface area contributed by atoms with Gasteiger partial charge in [0.15, 0.2) is 0 Å². The number of hydrogen-bond acceptors (Lipinski definition) is 1. The molecule has 1 aliphatic carbocycles. The molecule has 1 atom stereocenters. The van der Waals surface area contributed by atoms with Crippen LogP contribution in [0.2, 0.25) is 5.02 Å². The summed E-state index contributed by atoms with van der Waals surface area (Å²) in [4.78, 5) is 0. The van der Waals surface area contributed by atoms with Crippen molar-refractivity contribution in [2.24, 2.45) is 5.92 Å². The van der Waals surface area contributed by atoms with Crippen molar-refractivity contribution in [1.82, 2.24) is 0 Å². The molecule has 0 heterocycles. The van der Waals surface area contributed by atoms with Gasteiger partial charge in [-0.3, -0.25) is 0 Å². The molecular weight excluding hydrogens is 322 g/mol. The summed E-state index contributed by atoms with van der Waals surface area (Å²) in [7, 11) is 0. The molecule has 3 heteroatoms. The summed E-state index contributed by atoms with van der Waals surface area (Å²) in [6, 6.07) is 5.81. The maximum absolute atomic E-state index is 10.0. The molecule has 15 heavy (non-hydrogen) atoms. The first-order valence-electron chi connectivity index (χ1n) is 5.30. The largest absolute Gasteiger partial charge is 0.388 e. The predicted octanol–water partition coefficient (Wildman–Crippen LogP) is 4.17. The van der Waals surface area contributed by atoms with Crippen molar-refractivity contribution in [2.75, 3.05) is 0 Å². The molecule has 0 aromatic heterocycles.